The van der Waals surface area contributed by atoms with Crippen molar-refractivity contribution in [2.24, 2.45) is 0 Å². The molecule has 0 unspecified atom stereocenters. The molecule has 2 heterocycles. The summed E-state index contributed by atoms with van der Waals surface area (Å²) in [7, 11) is 0. The highest BCUT2D eigenvalue weighted by molar-refractivity contribution is 7.13. The van der Waals surface area contributed by atoms with Gasteiger partial charge in [-0.2, -0.15) is 18.3 Å². The van der Waals surface area contributed by atoms with Crippen LogP contribution in [0, 0.1) is 0 Å². The molecule has 0 fully saturated rings. The predicted molar refractivity (Wildman–Crippen MR) is 74.5 cm³/mol. The Morgan fingerprint density at radius 3 is 2.62 bits per heavy atom. The van der Waals surface area contributed by atoms with Gasteiger partial charge in [0.1, 0.15) is 0 Å². The molecule has 0 amide bonds. The molecule has 108 valence electrons. The van der Waals surface area contributed by atoms with Crippen LogP contribution in [0.2, 0.25) is 0 Å². The maximum absolute atomic E-state index is 12.6. The van der Waals surface area contributed by atoms with Gasteiger partial charge in [-0.25, -0.2) is 4.98 Å². The van der Waals surface area contributed by atoms with Gasteiger partial charge >= 0.3 is 6.18 Å². The van der Waals surface area contributed by atoms with Crippen LogP contribution in [0.1, 0.15) is 5.56 Å². The largest absolute Gasteiger partial charge is 0.416 e. The van der Waals surface area contributed by atoms with E-state index < -0.39 is 11.7 Å². The lowest BCUT2D eigenvalue weighted by atomic mass is 10.1. The number of H-pyrrole nitrogens is 1. The molecule has 0 aliphatic heterocycles. The van der Waals surface area contributed by atoms with Crippen LogP contribution in [0.5, 0.6) is 0 Å². The number of nitrogens with two attached hydrogens (primary N) is 1. The molecule has 0 atom stereocenters. The quantitative estimate of drug-likeness (QED) is 0.707. The van der Waals surface area contributed by atoms with E-state index in [9.17, 15) is 13.2 Å². The molecule has 0 aliphatic rings. The lowest BCUT2D eigenvalue weighted by Crippen LogP contribution is -2.06. The predicted octanol–water partition coefficient (Wildman–Crippen LogP) is 3.80. The Balaban J connectivity index is 1.98. The molecule has 0 aliphatic carbocycles. The normalized spacial score (nSPS) is 11.8. The number of anilines is 1. The van der Waals surface area contributed by atoms with Crippen molar-refractivity contribution in [3.8, 4) is 22.1 Å². The molecule has 0 bridgehead atoms. The first-order valence-electron chi connectivity index (χ1n) is 5.88. The van der Waals surface area contributed by atoms with Gasteiger partial charge in [-0.3, -0.25) is 5.10 Å². The zero-order valence-corrected chi connectivity index (χ0v) is 11.3. The number of hydrogen-bond donors (Lipinski definition) is 2. The highest BCUT2D eigenvalue weighted by atomic mass is 32.1. The molecule has 0 radical (unpaired) electrons. The van der Waals surface area contributed by atoms with E-state index in [1.54, 1.807) is 0 Å². The van der Waals surface area contributed by atoms with Crippen molar-refractivity contribution in [1.82, 2.24) is 15.2 Å². The molecular weight excluding hydrogens is 301 g/mol. The van der Waals surface area contributed by atoms with E-state index in [2.05, 4.69) is 15.2 Å². The van der Waals surface area contributed by atoms with Crippen molar-refractivity contribution < 1.29 is 13.2 Å². The molecule has 3 aromatic rings. The SMILES string of the molecule is Nc1cc(C(F)(F)F)ccc1-c1n[nH]c(-c2cccs2)n1. The van der Waals surface area contributed by atoms with Crippen molar-refractivity contribution >= 4 is 17.0 Å². The maximum atomic E-state index is 12.6. The van der Waals surface area contributed by atoms with Crippen molar-refractivity contribution in [2.75, 3.05) is 5.73 Å². The van der Waals surface area contributed by atoms with Crippen LogP contribution < -0.4 is 5.73 Å². The monoisotopic (exact) mass is 310 g/mol. The Morgan fingerprint density at radius 2 is 2.00 bits per heavy atom. The fraction of sp³-hybridized carbons (Fsp3) is 0.0769. The van der Waals surface area contributed by atoms with Crippen molar-refractivity contribution in [2.45, 2.75) is 6.18 Å². The minimum Gasteiger partial charge on any atom is -0.398 e. The van der Waals surface area contributed by atoms with Crippen molar-refractivity contribution in [3.05, 3.63) is 41.3 Å². The Bertz CT molecular complexity index is 762. The topological polar surface area (TPSA) is 67.6 Å². The molecule has 1 aromatic carbocycles. The molecule has 21 heavy (non-hydrogen) atoms. The molecule has 3 rings (SSSR count). The molecule has 8 heteroatoms. The Kier molecular flexibility index (Phi) is 3.17. The number of nitrogens with one attached hydrogen (secondary N) is 1. The summed E-state index contributed by atoms with van der Waals surface area (Å²) in [6, 6.07) is 6.86. The van der Waals surface area contributed by atoms with Gasteiger partial charge in [0.2, 0.25) is 0 Å². The molecular formula is C13H9F3N4S. The third-order valence-corrected chi connectivity index (χ3v) is 3.74. The van der Waals surface area contributed by atoms with E-state index >= 15 is 0 Å². The van der Waals surface area contributed by atoms with Crippen LogP contribution in [-0.4, -0.2) is 15.2 Å². The summed E-state index contributed by atoms with van der Waals surface area (Å²) in [4.78, 5) is 5.15. The first-order valence-corrected chi connectivity index (χ1v) is 6.76. The summed E-state index contributed by atoms with van der Waals surface area (Å²) in [5, 5.41) is 8.65. The lowest BCUT2D eigenvalue weighted by molar-refractivity contribution is -0.137. The van der Waals surface area contributed by atoms with Gasteiger partial charge < -0.3 is 5.73 Å². The molecule has 2 aromatic heterocycles. The number of hydrogen-bond acceptors (Lipinski definition) is 4. The van der Waals surface area contributed by atoms with Gasteiger partial charge in [0.15, 0.2) is 11.6 Å². The number of nitrogen functional groups attached to an aromatic ring is 1. The van der Waals surface area contributed by atoms with E-state index in [-0.39, 0.29) is 11.5 Å². The number of halogens is 3. The number of rotatable bonds is 2. The van der Waals surface area contributed by atoms with E-state index in [0.29, 0.717) is 11.4 Å². The molecule has 0 spiro atoms. The second-order valence-electron chi connectivity index (χ2n) is 4.28. The number of thiophene rings is 1. The summed E-state index contributed by atoms with van der Waals surface area (Å²) >= 11 is 1.48. The van der Waals surface area contributed by atoms with E-state index in [1.807, 2.05) is 17.5 Å². The Hall–Kier alpha value is -2.35. The summed E-state index contributed by atoms with van der Waals surface area (Å²) < 4.78 is 37.8. The fourth-order valence-corrected chi connectivity index (χ4v) is 2.51. The number of benzene rings is 1. The van der Waals surface area contributed by atoms with E-state index in [1.165, 1.54) is 17.4 Å². The first kappa shape index (κ1) is 13.6. The van der Waals surface area contributed by atoms with Gasteiger partial charge in [-0.1, -0.05) is 6.07 Å². The number of nitrogens with zero attached hydrogens (tertiary/aromatic N) is 2. The van der Waals surface area contributed by atoms with Crippen LogP contribution in [0.4, 0.5) is 18.9 Å². The highest BCUT2D eigenvalue weighted by Crippen LogP contribution is 2.34. The summed E-state index contributed by atoms with van der Waals surface area (Å²) in [6.07, 6.45) is -4.42. The van der Waals surface area contributed by atoms with Gasteiger partial charge in [-0.05, 0) is 29.6 Å². The summed E-state index contributed by atoms with van der Waals surface area (Å²) in [6.45, 7) is 0. The molecule has 0 saturated heterocycles. The standard InChI is InChI=1S/C13H9F3N4S/c14-13(15,16)7-3-4-8(9(17)6-7)11-18-12(20-19-11)10-2-1-5-21-10/h1-6H,17H2,(H,18,19,20). The van der Waals surface area contributed by atoms with Crippen LogP contribution in [0.15, 0.2) is 35.7 Å². The van der Waals surface area contributed by atoms with Crippen LogP contribution in [0.3, 0.4) is 0 Å². The van der Waals surface area contributed by atoms with Gasteiger partial charge in [0.05, 0.1) is 10.4 Å². The third kappa shape index (κ3) is 2.62. The maximum Gasteiger partial charge on any atom is 0.416 e. The zero-order chi connectivity index (χ0) is 15.0. The van der Waals surface area contributed by atoms with E-state index in [4.69, 9.17) is 5.73 Å². The second kappa shape index (κ2) is 4.88. The highest BCUT2D eigenvalue weighted by Gasteiger charge is 2.31. The van der Waals surface area contributed by atoms with Gasteiger partial charge in [0, 0.05) is 11.3 Å². The van der Waals surface area contributed by atoms with Gasteiger partial charge in [0.25, 0.3) is 0 Å². The number of aromatic amines is 1. The van der Waals surface area contributed by atoms with Crippen LogP contribution in [0.25, 0.3) is 22.1 Å². The summed E-state index contributed by atoms with van der Waals surface area (Å²) in [5.41, 5.74) is 5.24. The van der Waals surface area contributed by atoms with Crippen LogP contribution >= 0.6 is 11.3 Å². The molecule has 4 nitrogen and oxygen atoms in total. The van der Waals surface area contributed by atoms with Crippen LogP contribution in [-0.2, 0) is 6.18 Å². The summed E-state index contributed by atoms with van der Waals surface area (Å²) in [5.74, 6) is 0.823. The fourth-order valence-electron chi connectivity index (χ4n) is 1.85. The number of aromatic nitrogens is 3. The second-order valence-corrected chi connectivity index (χ2v) is 5.23. The Morgan fingerprint density at radius 1 is 1.19 bits per heavy atom. The minimum absolute atomic E-state index is 0.0124. The van der Waals surface area contributed by atoms with Gasteiger partial charge in [-0.15, -0.1) is 11.3 Å². The average molecular weight is 310 g/mol. The smallest absolute Gasteiger partial charge is 0.398 e. The van der Waals surface area contributed by atoms with E-state index in [0.717, 1.165) is 17.0 Å². The third-order valence-electron chi connectivity index (χ3n) is 2.86. The van der Waals surface area contributed by atoms with Crippen molar-refractivity contribution in [1.29, 1.82) is 0 Å². The molecule has 3 N–H and O–H groups in total. The first-order chi connectivity index (χ1) is 9.95. The average Bonchev–Trinajstić information content (AvgIpc) is 3.08. The minimum atomic E-state index is -4.42. The van der Waals surface area contributed by atoms with Crippen molar-refractivity contribution in [3.63, 3.8) is 0 Å². The lowest BCUT2D eigenvalue weighted by Gasteiger charge is -2.08. The Labute approximate surface area is 121 Å². The zero-order valence-electron chi connectivity index (χ0n) is 10.5. The number of alkyl halides is 3. The molecule has 0 saturated carbocycles.